The van der Waals surface area contributed by atoms with Crippen molar-refractivity contribution in [2.24, 2.45) is 0 Å². The fourth-order valence-corrected chi connectivity index (χ4v) is 1.72. The lowest BCUT2D eigenvalue weighted by atomic mass is 10.1. The predicted molar refractivity (Wildman–Crippen MR) is 68.2 cm³/mol. The Morgan fingerprint density at radius 3 is 2.78 bits per heavy atom. The molecule has 2 aromatic rings. The van der Waals surface area contributed by atoms with Gasteiger partial charge in [0.2, 0.25) is 0 Å². The number of aryl methyl sites for hydroxylation is 1. The summed E-state index contributed by atoms with van der Waals surface area (Å²) in [6, 6.07) is 10.3. The number of hydrogen-bond acceptors (Lipinski definition) is 3. The molecule has 1 N–H and O–H groups in total. The number of unbranched alkanes of at least 4 members (excludes halogenated alkanes) is 1. The summed E-state index contributed by atoms with van der Waals surface area (Å²) in [6.07, 6.45) is 5.84. The average molecular weight is 244 g/mol. The number of nitrogens with zero attached hydrogens (tertiary/aromatic N) is 1. The molecule has 0 unspecified atom stereocenters. The van der Waals surface area contributed by atoms with E-state index in [-0.39, 0.29) is 5.91 Å². The molecule has 4 nitrogen and oxygen atoms in total. The molecule has 94 valence electrons. The van der Waals surface area contributed by atoms with Crippen LogP contribution in [0.3, 0.4) is 0 Å². The van der Waals surface area contributed by atoms with E-state index < -0.39 is 0 Å². The summed E-state index contributed by atoms with van der Waals surface area (Å²) in [6.45, 7) is 0.677. The smallest absolute Gasteiger partial charge is 0.256 e. The maximum Gasteiger partial charge on any atom is 0.256 e. The van der Waals surface area contributed by atoms with Crippen LogP contribution >= 0.6 is 0 Å². The van der Waals surface area contributed by atoms with Gasteiger partial charge in [-0.25, -0.2) is 0 Å². The molecule has 0 fully saturated rings. The van der Waals surface area contributed by atoms with Crippen molar-refractivity contribution >= 4 is 5.91 Å². The van der Waals surface area contributed by atoms with Crippen LogP contribution in [-0.4, -0.2) is 17.6 Å². The molecule has 2 rings (SSSR count). The summed E-state index contributed by atoms with van der Waals surface area (Å²) in [5.74, 6) is -0.129. The fourth-order valence-electron chi connectivity index (χ4n) is 1.72. The van der Waals surface area contributed by atoms with E-state index in [9.17, 15) is 4.79 Å². The van der Waals surface area contributed by atoms with Gasteiger partial charge in [0.15, 0.2) is 0 Å². The molecular weight excluding hydrogens is 228 g/mol. The van der Waals surface area contributed by atoms with E-state index in [0.717, 1.165) is 19.3 Å². The highest BCUT2D eigenvalue weighted by Gasteiger charge is 2.05. The molecule has 0 aliphatic rings. The fraction of sp³-hybridized carbons (Fsp3) is 0.286. The van der Waals surface area contributed by atoms with Crippen molar-refractivity contribution in [2.75, 3.05) is 6.54 Å². The van der Waals surface area contributed by atoms with Gasteiger partial charge in [0.05, 0.1) is 11.8 Å². The second-order valence-corrected chi connectivity index (χ2v) is 4.11. The molecule has 0 radical (unpaired) electrons. The van der Waals surface area contributed by atoms with Gasteiger partial charge >= 0.3 is 0 Å². The Morgan fingerprint density at radius 2 is 2.06 bits per heavy atom. The molecule has 18 heavy (non-hydrogen) atoms. The molecule has 0 aliphatic carbocycles. The first-order chi connectivity index (χ1) is 8.86. The molecule has 4 heteroatoms. The third-order valence-corrected chi connectivity index (χ3v) is 2.72. The monoisotopic (exact) mass is 244 g/mol. The Hall–Kier alpha value is -2.10. The van der Waals surface area contributed by atoms with E-state index in [4.69, 9.17) is 0 Å². The molecule has 0 aliphatic heterocycles. The molecule has 1 aromatic heterocycles. The maximum absolute atomic E-state index is 11.5. The van der Waals surface area contributed by atoms with Crippen molar-refractivity contribution in [3.63, 3.8) is 0 Å². The molecule has 1 aromatic carbocycles. The number of rotatable bonds is 6. The minimum Gasteiger partial charge on any atom is -0.364 e. The Bertz CT molecular complexity index is 466. The van der Waals surface area contributed by atoms with Crippen LogP contribution in [0, 0.1) is 0 Å². The summed E-state index contributed by atoms with van der Waals surface area (Å²) in [7, 11) is 0. The number of hydrogen-bond donors (Lipinski definition) is 1. The lowest BCUT2D eigenvalue weighted by molar-refractivity contribution is 0.0952. The third kappa shape index (κ3) is 3.73. The van der Waals surface area contributed by atoms with E-state index in [1.807, 2.05) is 18.2 Å². The Balaban J connectivity index is 1.61. The summed E-state index contributed by atoms with van der Waals surface area (Å²) in [4.78, 5) is 11.5. The second kappa shape index (κ2) is 6.59. The largest absolute Gasteiger partial charge is 0.364 e. The van der Waals surface area contributed by atoms with Gasteiger partial charge in [-0.1, -0.05) is 35.5 Å². The van der Waals surface area contributed by atoms with Gasteiger partial charge in [-0.3, -0.25) is 4.79 Å². The summed E-state index contributed by atoms with van der Waals surface area (Å²) >= 11 is 0. The van der Waals surface area contributed by atoms with Crippen molar-refractivity contribution in [3.8, 4) is 0 Å². The van der Waals surface area contributed by atoms with Crippen molar-refractivity contribution < 1.29 is 9.32 Å². The quantitative estimate of drug-likeness (QED) is 0.794. The molecule has 0 spiro atoms. The van der Waals surface area contributed by atoms with Crippen LogP contribution in [-0.2, 0) is 6.42 Å². The maximum atomic E-state index is 11.5. The Kier molecular flexibility index (Phi) is 4.53. The van der Waals surface area contributed by atoms with Crippen molar-refractivity contribution in [2.45, 2.75) is 19.3 Å². The van der Waals surface area contributed by atoms with Crippen LogP contribution in [0.1, 0.15) is 28.8 Å². The van der Waals surface area contributed by atoms with Crippen LogP contribution in [0.4, 0.5) is 0 Å². The zero-order valence-electron chi connectivity index (χ0n) is 10.1. The molecule has 1 amide bonds. The number of aromatic nitrogens is 1. The summed E-state index contributed by atoms with van der Waals surface area (Å²) in [5.41, 5.74) is 1.81. The Morgan fingerprint density at radius 1 is 1.22 bits per heavy atom. The van der Waals surface area contributed by atoms with Crippen LogP contribution in [0.5, 0.6) is 0 Å². The van der Waals surface area contributed by atoms with Crippen molar-refractivity contribution in [1.29, 1.82) is 0 Å². The first-order valence-electron chi connectivity index (χ1n) is 6.08. The SMILES string of the molecule is O=C(NCCCCc1ccccc1)c1cnoc1. The highest BCUT2D eigenvalue weighted by molar-refractivity contribution is 5.93. The van der Waals surface area contributed by atoms with Crippen LogP contribution in [0.2, 0.25) is 0 Å². The Labute approximate surface area is 106 Å². The first-order valence-corrected chi connectivity index (χ1v) is 6.08. The molecular formula is C14H16N2O2. The number of nitrogens with one attached hydrogen (secondary N) is 1. The topological polar surface area (TPSA) is 55.1 Å². The molecule has 0 atom stereocenters. The van der Waals surface area contributed by atoms with Gasteiger partial charge in [-0.05, 0) is 24.8 Å². The number of benzene rings is 1. The summed E-state index contributed by atoms with van der Waals surface area (Å²) in [5, 5.41) is 6.32. The van der Waals surface area contributed by atoms with E-state index in [1.54, 1.807) is 0 Å². The lowest BCUT2D eigenvalue weighted by Crippen LogP contribution is -2.23. The number of amides is 1. The van der Waals surface area contributed by atoms with Crippen LogP contribution in [0.15, 0.2) is 47.3 Å². The minimum atomic E-state index is -0.129. The summed E-state index contributed by atoms with van der Waals surface area (Å²) < 4.78 is 4.61. The van der Waals surface area contributed by atoms with Gasteiger partial charge in [-0.2, -0.15) is 0 Å². The normalized spacial score (nSPS) is 10.2. The number of carbonyl (C=O) groups excluding carboxylic acids is 1. The zero-order valence-corrected chi connectivity index (χ0v) is 10.1. The van der Waals surface area contributed by atoms with Gasteiger partial charge < -0.3 is 9.84 Å². The molecule has 0 saturated carbocycles. The molecule has 0 bridgehead atoms. The van der Waals surface area contributed by atoms with Gasteiger partial charge in [0.25, 0.3) is 5.91 Å². The molecule has 0 saturated heterocycles. The van der Waals surface area contributed by atoms with E-state index in [0.29, 0.717) is 12.1 Å². The van der Waals surface area contributed by atoms with Gasteiger partial charge in [0.1, 0.15) is 6.26 Å². The minimum absolute atomic E-state index is 0.129. The average Bonchev–Trinajstić information content (AvgIpc) is 2.93. The predicted octanol–water partition coefficient (Wildman–Crippen LogP) is 2.43. The first kappa shape index (κ1) is 12.4. The van der Waals surface area contributed by atoms with Gasteiger partial charge in [-0.15, -0.1) is 0 Å². The van der Waals surface area contributed by atoms with E-state index >= 15 is 0 Å². The highest BCUT2D eigenvalue weighted by atomic mass is 16.5. The second-order valence-electron chi connectivity index (χ2n) is 4.11. The zero-order chi connectivity index (χ0) is 12.6. The van der Waals surface area contributed by atoms with Crippen molar-refractivity contribution in [1.82, 2.24) is 10.5 Å². The standard InChI is InChI=1S/C14H16N2O2/c17-14(13-10-16-18-11-13)15-9-5-4-8-12-6-2-1-3-7-12/h1-3,6-7,10-11H,4-5,8-9H2,(H,15,17). The van der Waals surface area contributed by atoms with Crippen LogP contribution in [0.25, 0.3) is 0 Å². The third-order valence-electron chi connectivity index (χ3n) is 2.72. The van der Waals surface area contributed by atoms with E-state index in [2.05, 4.69) is 27.1 Å². The highest BCUT2D eigenvalue weighted by Crippen LogP contribution is 2.04. The van der Waals surface area contributed by atoms with Crippen LogP contribution < -0.4 is 5.32 Å². The molecule has 1 heterocycles. The number of carbonyl (C=O) groups is 1. The van der Waals surface area contributed by atoms with Gasteiger partial charge in [0, 0.05) is 6.54 Å². The lowest BCUT2D eigenvalue weighted by Gasteiger charge is -2.03. The van der Waals surface area contributed by atoms with Crippen molar-refractivity contribution in [3.05, 3.63) is 53.9 Å². The van der Waals surface area contributed by atoms with E-state index in [1.165, 1.54) is 18.0 Å².